The van der Waals surface area contributed by atoms with Crippen LogP contribution in [0.3, 0.4) is 0 Å². The number of hydrogen-bond acceptors (Lipinski definition) is 5. The van der Waals surface area contributed by atoms with Crippen molar-refractivity contribution >= 4 is 11.8 Å². The number of carbonyl (C=O) groups excluding carboxylic acids is 1. The van der Waals surface area contributed by atoms with Gasteiger partial charge in [-0.15, -0.1) is 0 Å². The fraction of sp³-hybridized carbons (Fsp3) is 0.238. The van der Waals surface area contributed by atoms with Crippen molar-refractivity contribution < 1.29 is 9.53 Å². The third-order valence-electron chi connectivity index (χ3n) is 4.77. The highest BCUT2D eigenvalue weighted by atomic mass is 16.5. The number of piperidine rings is 1. The Bertz CT molecular complexity index is 1000. The monoisotopic (exact) mass is 388 g/mol. The van der Waals surface area contributed by atoms with Gasteiger partial charge in [0.05, 0.1) is 23.0 Å². The molecule has 0 radical (unpaired) electrons. The molecule has 1 aromatic carbocycles. The number of rotatable bonds is 4. The van der Waals surface area contributed by atoms with Crippen molar-refractivity contribution in [2.24, 2.45) is 0 Å². The van der Waals surface area contributed by atoms with Gasteiger partial charge in [0, 0.05) is 38.2 Å². The van der Waals surface area contributed by atoms with E-state index in [1.165, 1.54) is 0 Å². The van der Waals surface area contributed by atoms with Gasteiger partial charge in [0.1, 0.15) is 11.9 Å². The third-order valence-corrected chi connectivity index (χ3v) is 4.77. The fourth-order valence-corrected chi connectivity index (χ4v) is 3.20. The summed E-state index contributed by atoms with van der Waals surface area (Å²) in [5, 5.41) is 18.7. The number of ether oxygens (including phenoxy) is 1. The normalized spacial score (nSPS) is 14.2. The number of likely N-dealkylation sites (tertiary alicyclic amines) is 1. The van der Waals surface area contributed by atoms with E-state index in [1.807, 2.05) is 18.2 Å². The number of carbonyl (C=O) groups is 1. The molecule has 2 amide bonds. The predicted molar refractivity (Wildman–Crippen MR) is 107 cm³/mol. The molecule has 146 valence electrons. The molecule has 1 aliphatic rings. The van der Waals surface area contributed by atoms with E-state index in [2.05, 4.69) is 26.6 Å². The molecule has 2 N–H and O–H groups in total. The molecule has 0 aliphatic carbocycles. The van der Waals surface area contributed by atoms with E-state index in [4.69, 9.17) is 10.00 Å². The van der Waals surface area contributed by atoms with Crippen LogP contribution in [0.5, 0.6) is 5.75 Å². The molecule has 0 unspecified atom stereocenters. The van der Waals surface area contributed by atoms with Gasteiger partial charge in [-0.1, -0.05) is 6.07 Å². The molecular formula is C21H20N6O2. The van der Waals surface area contributed by atoms with Crippen molar-refractivity contribution in [3.63, 3.8) is 0 Å². The zero-order chi connectivity index (χ0) is 20.1. The lowest BCUT2D eigenvalue weighted by Gasteiger charge is -2.32. The highest BCUT2D eigenvalue weighted by molar-refractivity contribution is 5.88. The summed E-state index contributed by atoms with van der Waals surface area (Å²) in [6, 6.07) is 16.4. The molecule has 4 rings (SSSR count). The molecule has 3 heterocycles. The van der Waals surface area contributed by atoms with Crippen molar-refractivity contribution in [3.8, 4) is 23.2 Å². The van der Waals surface area contributed by atoms with Gasteiger partial charge >= 0.3 is 6.03 Å². The predicted octanol–water partition coefficient (Wildman–Crippen LogP) is 3.42. The largest absolute Gasteiger partial charge is 0.490 e. The van der Waals surface area contributed by atoms with E-state index < -0.39 is 0 Å². The first-order chi connectivity index (χ1) is 14.2. The second-order valence-corrected chi connectivity index (χ2v) is 6.75. The summed E-state index contributed by atoms with van der Waals surface area (Å²) in [6.45, 7) is 1.20. The first-order valence-corrected chi connectivity index (χ1v) is 9.41. The lowest BCUT2D eigenvalue weighted by molar-refractivity contribution is 0.115. The Morgan fingerprint density at radius 3 is 2.69 bits per heavy atom. The van der Waals surface area contributed by atoms with Crippen molar-refractivity contribution in [1.29, 1.82) is 5.26 Å². The fourth-order valence-electron chi connectivity index (χ4n) is 3.20. The second kappa shape index (κ2) is 8.44. The Kier molecular flexibility index (Phi) is 5.38. The molecule has 8 heteroatoms. The number of nitriles is 1. The first-order valence-electron chi connectivity index (χ1n) is 9.41. The highest BCUT2D eigenvalue weighted by Gasteiger charge is 2.24. The van der Waals surface area contributed by atoms with E-state index in [9.17, 15) is 4.79 Å². The Morgan fingerprint density at radius 2 is 2.00 bits per heavy atom. The molecule has 8 nitrogen and oxygen atoms in total. The summed E-state index contributed by atoms with van der Waals surface area (Å²) >= 11 is 0. The van der Waals surface area contributed by atoms with E-state index in [-0.39, 0.29) is 12.1 Å². The van der Waals surface area contributed by atoms with Gasteiger partial charge in [-0.2, -0.15) is 10.4 Å². The van der Waals surface area contributed by atoms with Crippen LogP contribution < -0.4 is 10.1 Å². The van der Waals surface area contributed by atoms with Crippen LogP contribution in [0.4, 0.5) is 10.6 Å². The topological polar surface area (TPSA) is 107 Å². The molecule has 3 aromatic rings. The van der Waals surface area contributed by atoms with Crippen molar-refractivity contribution in [1.82, 2.24) is 20.1 Å². The summed E-state index contributed by atoms with van der Waals surface area (Å²) in [6.07, 6.45) is 3.24. The maximum atomic E-state index is 12.5. The van der Waals surface area contributed by atoms with E-state index in [1.54, 1.807) is 41.4 Å². The summed E-state index contributed by atoms with van der Waals surface area (Å²) in [4.78, 5) is 18.5. The summed E-state index contributed by atoms with van der Waals surface area (Å²) < 4.78 is 5.96. The van der Waals surface area contributed by atoms with Crippen LogP contribution in [0, 0.1) is 11.3 Å². The molecule has 1 aliphatic heterocycles. The number of hydrogen-bond donors (Lipinski definition) is 2. The molecule has 29 heavy (non-hydrogen) atoms. The number of nitrogens with one attached hydrogen (secondary N) is 2. The molecule has 0 bridgehead atoms. The lowest BCUT2D eigenvalue weighted by Crippen LogP contribution is -2.43. The van der Waals surface area contributed by atoms with E-state index in [0.29, 0.717) is 24.5 Å². The van der Waals surface area contributed by atoms with Crippen LogP contribution in [0.25, 0.3) is 11.4 Å². The highest BCUT2D eigenvalue weighted by Crippen LogP contribution is 2.21. The van der Waals surface area contributed by atoms with Crippen molar-refractivity contribution in [2.45, 2.75) is 18.9 Å². The molecule has 0 spiro atoms. The molecule has 0 atom stereocenters. The number of urea groups is 1. The Hall–Kier alpha value is -3.86. The number of aromatic nitrogens is 3. The van der Waals surface area contributed by atoms with Gasteiger partial charge < -0.3 is 9.64 Å². The summed E-state index contributed by atoms with van der Waals surface area (Å²) in [7, 11) is 0. The van der Waals surface area contributed by atoms with E-state index >= 15 is 0 Å². The third kappa shape index (κ3) is 4.52. The average Bonchev–Trinajstić information content (AvgIpc) is 3.24. The Balaban J connectivity index is 1.28. The van der Waals surface area contributed by atoms with Crippen LogP contribution in [0.1, 0.15) is 18.4 Å². The van der Waals surface area contributed by atoms with Gasteiger partial charge in [0.25, 0.3) is 0 Å². The summed E-state index contributed by atoms with van der Waals surface area (Å²) in [5.41, 5.74) is 2.12. The number of nitrogens with zero attached hydrogens (tertiary/aromatic N) is 4. The van der Waals surface area contributed by atoms with Gasteiger partial charge in [0.2, 0.25) is 0 Å². The molecular weight excluding hydrogens is 368 g/mol. The summed E-state index contributed by atoms with van der Waals surface area (Å²) in [5.74, 6) is 1.21. The van der Waals surface area contributed by atoms with Gasteiger partial charge in [-0.3, -0.25) is 15.4 Å². The minimum atomic E-state index is -0.180. The van der Waals surface area contributed by atoms with E-state index in [0.717, 1.165) is 30.0 Å². The number of benzene rings is 1. The lowest BCUT2D eigenvalue weighted by atomic mass is 10.1. The zero-order valence-corrected chi connectivity index (χ0v) is 15.7. The molecule has 2 aromatic heterocycles. The molecule has 1 fully saturated rings. The van der Waals surface area contributed by atoms with Crippen LogP contribution in [0.2, 0.25) is 0 Å². The Labute approximate surface area is 168 Å². The van der Waals surface area contributed by atoms with Crippen LogP contribution in [-0.2, 0) is 0 Å². The quantitative estimate of drug-likeness (QED) is 0.712. The average molecular weight is 388 g/mol. The number of pyridine rings is 1. The molecule has 1 saturated heterocycles. The SMILES string of the molecule is N#Cc1ccc(OC2CCN(C(=O)Nc3cc(-c4ccccn4)[nH]n3)CC2)cc1. The maximum absolute atomic E-state index is 12.5. The number of aromatic amines is 1. The van der Waals surface area contributed by atoms with Gasteiger partial charge in [0.15, 0.2) is 5.82 Å². The van der Waals surface area contributed by atoms with Gasteiger partial charge in [-0.25, -0.2) is 4.79 Å². The second-order valence-electron chi connectivity index (χ2n) is 6.75. The minimum Gasteiger partial charge on any atom is -0.490 e. The zero-order valence-electron chi connectivity index (χ0n) is 15.7. The van der Waals surface area contributed by atoms with Crippen LogP contribution >= 0.6 is 0 Å². The maximum Gasteiger partial charge on any atom is 0.323 e. The van der Waals surface area contributed by atoms with Crippen LogP contribution in [0.15, 0.2) is 54.7 Å². The number of H-pyrrole nitrogens is 1. The van der Waals surface area contributed by atoms with Crippen molar-refractivity contribution in [2.75, 3.05) is 18.4 Å². The molecule has 0 saturated carbocycles. The van der Waals surface area contributed by atoms with Gasteiger partial charge in [-0.05, 0) is 36.4 Å². The Morgan fingerprint density at radius 1 is 1.21 bits per heavy atom. The number of anilines is 1. The first kappa shape index (κ1) is 18.5. The number of amides is 2. The van der Waals surface area contributed by atoms with Crippen LogP contribution in [-0.4, -0.2) is 45.3 Å². The van der Waals surface area contributed by atoms with Crippen molar-refractivity contribution in [3.05, 3.63) is 60.3 Å². The smallest absolute Gasteiger partial charge is 0.323 e. The minimum absolute atomic E-state index is 0.0492. The standard InChI is InChI=1S/C21H20N6O2/c22-14-15-4-6-16(7-5-15)29-17-8-11-27(12-9-17)21(28)24-20-13-19(25-26-20)18-3-1-2-10-23-18/h1-7,10,13,17H,8-9,11-12H2,(H2,24,25,26,28).